The van der Waals surface area contributed by atoms with Crippen molar-refractivity contribution in [2.24, 2.45) is 5.92 Å². The van der Waals surface area contributed by atoms with Crippen LogP contribution >= 0.6 is 0 Å². The van der Waals surface area contributed by atoms with Crippen LogP contribution in [-0.4, -0.2) is 95.1 Å². The molecule has 0 saturated carbocycles. The highest BCUT2D eigenvalue weighted by Crippen LogP contribution is 2.29. The minimum Gasteiger partial charge on any atom is -0.490 e. The maximum atomic E-state index is 14.4. The number of nitrogens with two attached hydrogens (primary N) is 1. The molecule has 2 aromatic carbocycles. The number of nitrogens with zero attached hydrogens (tertiary/aromatic N) is 3. The third-order valence-corrected chi connectivity index (χ3v) is 9.61. The molecule has 13 nitrogen and oxygen atoms in total. The average molecular weight is 745 g/mol. The molecule has 0 saturated heterocycles. The van der Waals surface area contributed by atoms with Gasteiger partial charge in [-0.15, -0.1) is 0 Å². The lowest BCUT2D eigenvalue weighted by Gasteiger charge is -2.36. The van der Waals surface area contributed by atoms with E-state index in [2.05, 4.69) is 15.6 Å². The van der Waals surface area contributed by atoms with E-state index in [1.807, 2.05) is 13.8 Å². The van der Waals surface area contributed by atoms with E-state index in [4.69, 9.17) is 15.2 Å². The number of ether oxygens (including phenoxy) is 2. The van der Waals surface area contributed by atoms with Crippen molar-refractivity contribution in [3.8, 4) is 5.75 Å². The number of rotatable bonds is 13. The van der Waals surface area contributed by atoms with Gasteiger partial charge in [0.15, 0.2) is 0 Å². The fourth-order valence-corrected chi connectivity index (χ4v) is 6.33. The van der Waals surface area contributed by atoms with Crippen LogP contribution in [0.1, 0.15) is 92.9 Å². The first kappa shape index (κ1) is 41.7. The lowest BCUT2D eigenvalue weighted by molar-refractivity contribution is -0.116. The monoisotopic (exact) mass is 744 g/mol. The van der Waals surface area contributed by atoms with E-state index in [9.17, 15) is 24.3 Å². The summed E-state index contributed by atoms with van der Waals surface area (Å²) < 4.78 is 12.7. The van der Waals surface area contributed by atoms with Gasteiger partial charge >= 0.3 is 0 Å². The maximum Gasteiger partial charge on any atom is 0.258 e. The molecule has 5 N–H and O–H groups in total. The smallest absolute Gasteiger partial charge is 0.258 e. The van der Waals surface area contributed by atoms with E-state index in [1.54, 1.807) is 90.8 Å². The number of carbonyl (C=O) groups is 4. The van der Waals surface area contributed by atoms with Gasteiger partial charge in [-0.1, -0.05) is 25.5 Å². The number of likely N-dealkylation sites (N-methyl/N-ethyl adjacent to an activating group) is 1. The number of unbranched alkanes of at least 4 members (excludes halogenated alkanes) is 2. The molecule has 4 atom stereocenters. The van der Waals surface area contributed by atoms with Crippen molar-refractivity contribution in [1.82, 2.24) is 14.8 Å². The van der Waals surface area contributed by atoms with E-state index >= 15 is 0 Å². The van der Waals surface area contributed by atoms with Crippen molar-refractivity contribution in [1.29, 1.82) is 0 Å². The number of carbonyl (C=O) groups excluding carboxylic acids is 4. The van der Waals surface area contributed by atoms with E-state index in [0.29, 0.717) is 67.2 Å². The van der Waals surface area contributed by atoms with Gasteiger partial charge in [0.05, 0.1) is 41.8 Å². The van der Waals surface area contributed by atoms with Gasteiger partial charge in [-0.05, 0) is 88.4 Å². The van der Waals surface area contributed by atoms with Crippen molar-refractivity contribution in [3.63, 3.8) is 0 Å². The van der Waals surface area contributed by atoms with Gasteiger partial charge < -0.3 is 40.7 Å². The molecule has 0 fully saturated rings. The minimum atomic E-state index is -0.541. The summed E-state index contributed by atoms with van der Waals surface area (Å²) in [6.07, 6.45) is 7.39. The molecule has 0 radical (unpaired) electrons. The Kier molecular flexibility index (Phi) is 16.3. The number of hydrogen-bond acceptors (Lipinski definition) is 9. The Hall–Kier alpha value is -5.01. The zero-order valence-corrected chi connectivity index (χ0v) is 32.0. The van der Waals surface area contributed by atoms with Crippen LogP contribution in [0.3, 0.4) is 0 Å². The summed E-state index contributed by atoms with van der Waals surface area (Å²) in [5, 5.41) is 16.0. The van der Waals surface area contributed by atoms with Crippen LogP contribution in [-0.2, 0) is 14.3 Å². The highest BCUT2D eigenvalue weighted by molar-refractivity contribution is 6.00. The van der Waals surface area contributed by atoms with Gasteiger partial charge in [-0.3, -0.25) is 24.2 Å². The Morgan fingerprint density at radius 1 is 1.00 bits per heavy atom. The predicted molar refractivity (Wildman–Crippen MR) is 209 cm³/mol. The van der Waals surface area contributed by atoms with Crippen LogP contribution in [0.2, 0.25) is 0 Å². The molecule has 0 bridgehead atoms. The largest absolute Gasteiger partial charge is 0.490 e. The van der Waals surface area contributed by atoms with Crippen LogP contribution in [0.4, 0.5) is 17.1 Å². The van der Waals surface area contributed by atoms with E-state index in [-0.39, 0.29) is 66.9 Å². The number of pyridine rings is 1. The Morgan fingerprint density at radius 3 is 2.41 bits per heavy atom. The summed E-state index contributed by atoms with van der Waals surface area (Å²) in [5.41, 5.74) is 8.24. The fraction of sp³-hybridized carbons (Fsp3) is 0.488. The molecule has 1 aliphatic heterocycles. The number of nitrogen functional groups attached to an aromatic ring is 1. The van der Waals surface area contributed by atoms with E-state index in [0.717, 1.165) is 19.3 Å². The van der Waals surface area contributed by atoms with Gasteiger partial charge in [-0.25, -0.2) is 0 Å². The van der Waals surface area contributed by atoms with E-state index < -0.39 is 6.04 Å². The van der Waals surface area contributed by atoms with Crippen molar-refractivity contribution in [3.05, 3.63) is 78.1 Å². The Morgan fingerprint density at radius 2 is 1.70 bits per heavy atom. The minimum absolute atomic E-state index is 0.131. The number of aliphatic hydroxyl groups is 1. The Labute approximate surface area is 318 Å². The number of fused-ring (bicyclic) bond motifs is 1. The molecule has 0 unspecified atom stereocenters. The van der Waals surface area contributed by atoms with Crippen LogP contribution in [0.15, 0.2) is 67.0 Å². The quantitative estimate of drug-likeness (QED) is 0.125. The second kappa shape index (κ2) is 21.0. The van der Waals surface area contributed by atoms with Crippen molar-refractivity contribution in [2.75, 3.05) is 49.7 Å². The molecule has 1 aliphatic rings. The van der Waals surface area contributed by atoms with Crippen LogP contribution in [0.25, 0.3) is 0 Å². The van der Waals surface area contributed by atoms with Crippen LogP contribution in [0.5, 0.6) is 5.75 Å². The van der Waals surface area contributed by atoms with Crippen molar-refractivity contribution < 1.29 is 33.8 Å². The number of aromatic nitrogens is 1. The van der Waals surface area contributed by atoms with Gasteiger partial charge in [0.1, 0.15) is 5.75 Å². The zero-order chi connectivity index (χ0) is 39.0. The molecule has 1 aromatic heterocycles. The summed E-state index contributed by atoms with van der Waals surface area (Å²) >= 11 is 0. The van der Waals surface area contributed by atoms with E-state index in [1.165, 1.54) is 0 Å². The topological polar surface area (TPSA) is 176 Å². The molecule has 4 amide bonds. The number of aliphatic hydroxyl groups excluding tert-OH is 1. The number of para-hydroxylation sites is 2. The first-order chi connectivity index (χ1) is 26.0. The summed E-state index contributed by atoms with van der Waals surface area (Å²) in [4.78, 5) is 60.2. The number of amides is 4. The SMILES string of the molecule is C[C@H](CO)N1C[C@H](C)[C@H](CN(C)C(=O)c2ccncc2)OCCCC[C@H](C)Oc2ccc(NC(=O)CCCCCC(=O)Nc3ccccc3N)cc2C1=O. The third kappa shape index (κ3) is 12.6. The second-order valence-corrected chi connectivity index (χ2v) is 14.2. The van der Waals surface area contributed by atoms with Crippen molar-refractivity contribution >= 4 is 40.7 Å². The fourth-order valence-electron chi connectivity index (χ4n) is 6.33. The van der Waals surface area contributed by atoms with Gasteiger partial charge in [0.25, 0.3) is 11.8 Å². The lowest BCUT2D eigenvalue weighted by atomic mass is 10.0. The molecule has 2 heterocycles. The molecular formula is C41H56N6O7. The highest BCUT2D eigenvalue weighted by Gasteiger charge is 2.31. The molecule has 0 aliphatic carbocycles. The van der Waals surface area contributed by atoms with Gasteiger partial charge in [0, 0.05) is 69.1 Å². The zero-order valence-electron chi connectivity index (χ0n) is 32.0. The molecule has 54 heavy (non-hydrogen) atoms. The number of anilines is 3. The summed E-state index contributed by atoms with van der Waals surface area (Å²) in [7, 11) is 1.73. The summed E-state index contributed by atoms with van der Waals surface area (Å²) in [6, 6.07) is 15.0. The number of nitrogens with one attached hydrogen (secondary N) is 2. The lowest BCUT2D eigenvalue weighted by Crippen LogP contribution is -2.48. The third-order valence-electron chi connectivity index (χ3n) is 9.61. The standard InChI is InChI=1S/C41H56N6O7/c1-28-25-47(29(2)27-48)41(52)33-24-32(44-38(49)15-6-5-7-16-39(50)45-35-14-9-8-13-34(35)42)17-18-36(33)54-30(3)12-10-11-23-53-37(28)26-46(4)40(51)31-19-21-43-22-20-31/h8-9,13-14,17-22,24,28-30,37,48H,5-7,10-12,15-16,23,25-27,42H2,1-4H3,(H,44,49)(H,45,50)/t28-,29+,30-,37-/m0/s1. The molecule has 0 spiro atoms. The first-order valence-corrected chi connectivity index (χ1v) is 18.9. The predicted octanol–water partition coefficient (Wildman–Crippen LogP) is 5.76. The number of benzene rings is 2. The highest BCUT2D eigenvalue weighted by atomic mass is 16.5. The second-order valence-electron chi connectivity index (χ2n) is 14.2. The van der Waals surface area contributed by atoms with Crippen molar-refractivity contribution in [2.45, 2.75) is 90.4 Å². The van der Waals surface area contributed by atoms with Gasteiger partial charge in [-0.2, -0.15) is 0 Å². The molecule has 4 rings (SSSR count). The normalized spacial score (nSPS) is 18.7. The average Bonchev–Trinajstić information content (AvgIpc) is 3.16. The Bertz CT molecular complexity index is 1690. The van der Waals surface area contributed by atoms with Crippen LogP contribution < -0.4 is 21.1 Å². The Balaban J connectivity index is 1.44. The molecule has 13 heteroatoms. The first-order valence-electron chi connectivity index (χ1n) is 18.9. The molecule has 3 aromatic rings. The molecular weight excluding hydrogens is 688 g/mol. The van der Waals surface area contributed by atoms with Crippen LogP contribution in [0, 0.1) is 5.92 Å². The van der Waals surface area contributed by atoms with Gasteiger partial charge in [0.2, 0.25) is 11.8 Å². The maximum absolute atomic E-state index is 14.4. The molecule has 292 valence electrons. The summed E-state index contributed by atoms with van der Waals surface area (Å²) in [6.45, 7) is 6.48. The summed E-state index contributed by atoms with van der Waals surface area (Å²) in [5.74, 6) is -0.665. The number of hydrogen-bond donors (Lipinski definition) is 4.